The van der Waals surface area contributed by atoms with Crippen molar-refractivity contribution in [1.29, 1.82) is 0 Å². The minimum atomic E-state index is -2.92. The number of carbonyl (C=O) groups is 1. The molecule has 0 aliphatic heterocycles. The number of ketones is 1. The lowest BCUT2D eigenvalue weighted by Gasteiger charge is -2.06. The second-order valence-electron chi connectivity index (χ2n) is 3.91. The Hall–Kier alpha value is -0.420. The van der Waals surface area contributed by atoms with E-state index in [2.05, 4.69) is 5.32 Å². The van der Waals surface area contributed by atoms with Crippen LogP contribution in [0.25, 0.3) is 0 Å². The van der Waals surface area contributed by atoms with E-state index in [1.54, 1.807) is 6.92 Å². The lowest BCUT2D eigenvalue weighted by atomic mass is 10.2. The summed E-state index contributed by atoms with van der Waals surface area (Å²) in [6.45, 7) is 5.89. The highest BCUT2D eigenvalue weighted by Crippen LogP contribution is 1.98. The van der Waals surface area contributed by atoms with Crippen molar-refractivity contribution in [2.75, 3.05) is 18.1 Å². The van der Waals surface area contributed by atoms with Gasteiger partial charge in [0.25, 0.3) is 0 Å². The molecule has 0 bridgehead atoms. The Labute approximate surface area is 92.4 Å². The van der Waals surface area contributed by atoms with Gasteiger partial charge in [-0.05, 0) is 6.42 Å². The number of rotatable bonds is 8. The van der Waals surface area contributed by atoms with Crippen molar-refractivity contribution < 1.29 is 13.2 Å². The molecule has 0 amide bonds. The average Bonchev–Trinajstić information content (AvgIpc) is 2.14. The van der Waals surface area contributed by atoms with Gasteiger partial charge in [-0.25, -0.2) is 8.42 Å². The van der Waals surface area contributed by atoms with Crippen LogP contribution in [-0.2, 0) is 14.6 Å². The summed E-state index contributed by atoms with van der Waals surface area (Å²) in [4.78, 5) is 11.3. The van der Waals surface area contributed by atoms with Crippen molar-refractivity contribution in [3.63, 3.8) is 0 Å². The van der Waals surface area contributed by atoms with Crippen molar-refractivity contribution in [2.45, 2.75) is 39.7 Å². The van der Waals surface area contributed by atoms with Gasteiger partial charge in [0, 0.05) is 18.2 Å². The zero-order valence-corrected chi connectivity index (χ0v) is 10.6. The first-order chi connectivity index (χ1) is 6.87. The highest BCUT2D eigenvalue weighted by atomic mass is 32.2. The molecule has 0 spiro atoms. The summed E-state index contributed by atoms with van der Waals surface area (Å²) in [5.74, 6) is 0.359. The van der Waals surface area contributed by atoms with Crippen molar-refractivity contribution >= 4 is 15.6 Å². The minimum absolute atomic E-state index is 0.0787. The van der Waals surface area contributed by atoms with Crippen LogP contribution in [-0.4, -0.2) is 38.3 Å². The van der Waals surface area contributed by atoms with Crippen LogP contribution in [0.2, 0.25) is 0 Å². The van der Waals surface area contributed by atoms with Crippen LogP contribution in [0.1, 0.15) is 33.6 Å². The van der Waals surface area contributed by atoms with E-state index < -0.39 is 9.84 Å². The molecule has 90 valence electrons. The summed E-state index contributed by atoms with van der Waals surface area (Å²) in [6, 6.07) is 0.285. The van der Waals surface area contributed by atoms with Crippen molar-refractivity contribution in [3.05, 3.63) is 0 Å². The van der Waals surface area contributed by atoms with E-state index >= 15 is 0 Å². The van der Waals surface area contributed by atoms with E-state index in [0.717, 1.165) is 0 Å². The number of Topliss-reactive ketones (excluding diaryl/α,β-unsaturated/α-hetero) is 1. The molecule has 1 N–H and O–H groups in total. The number of carbonyl (C=O) groups excluding carboxylic acids is 1. The SMILES string of the molecule is CCS(=O)(=O)CCCC(=O)CNC(C)C. The third-order valence-electron chi connectivity index (χ3n) is 2.06. The molecule has 0 saturated heterocycles. The molecule has 5 heteroatoms. The molecule has 0 aliphatic rings. The summed E-state index contributed by atoms with van der Waals surface area (Å²) in [7, 11) is -2.92. The van der Waals surface area contributed by atoms with Gasteiger partial charge in [0.2, 0.25) is 0 Å². The van der Waals surface area contributed by atoms with Crippen LogP contribution in [0.5, 0.6) is 0 Å². The maximum atomic E-state index is 11.3. The monoisotopic (exact) mass is 235 g/mol. The molecule has 0 fully saturated rings. The summed E-state index contributed by atoms with van der Waals surface area (Å²) in [5, 5.41) is 3.01. The fourth-order valence-corrected chi connectivity index (χ4v) is 1.91. The standard InChI is InChI=1S/C10H21NO3S/c1-4-15(13,14)7-5-6-10(12)8-11-9(2)3/h9,11H,4-8H2,1-3H3. The summed E-state index contributed by atoms with van der Waals surface area (Å²) >= 11 is 0. The van der Waals surface area contributed by atoms with Crippen molar-refractivity contribution in [2.24, 2.45) is 0 Å². The van der Waals surface area contributed by atoms with E-state index in [1.807, 2.05) is 13.8 Å². The molecular formula is C10H21NO3S. The minimum Gasteiger partial charge on any atom is -0.308 e. The third kappa shape index (κ3) is 8.57. The molecule has 0 atom stereocenters. The first-order valence-corrected chi connectivity index (χ1v) is 7.15. The van der Waals surface area contributed by atoms with Crippen LogP contribution in [0.15, 0.2) is 0 Å². The molecule has 0 aromatic heterocycles. The number of sulfone groups is 1. The van der Waals surface area contributed by atoms with Gasteiger partial charge in [0.15, 0.2) is 0 Å². The molecule has 0 aliphatic carbocycles. The van der Waals surface area contributed by atoms with Crippen molar-refractivity contribution in [1.82, 2.24) is 5.32 Å². The molecule has 0 radical (unpaired) electrons. The van der Waals surface area contributed by atoms with Gasteiger partial charge in [-0.3, -0.25) is 4.79 Å². The predicted octanol–water partition coefficient (Wildman–Crippen LogP) is 0.768. The number of nitrogens with one attached hydrogen (secondary N) is 1. The second-order valence-corrected chi connectivity index (χ2v) is 6.39. The van der Waals surface area contributed by atoms with Crippen LogP contribution >= 0.6 is 0 Å². The highest BCUT2D eigenvalue weighted by molar-refractivity contribution is 7.91. The Morgan fingerprint density at radius 3 is 2.40 bits per heavy atom. The molecule has 0 unspecified atom stereocenters. The summed E-state index contributed by atoms with van der Waals surface area (Å²) in [5.41, 5.74) is 0. The lowest BCUT2D eigenvalue weighted by Crippen LogP contribution is -2.29. The lowest BCUT2D eigenvalue weighted by molar-refractivity contribution is -0.118. The zero-order chi connectivity index (χ0) is 11.9. The Balaban J connectivity index is 3.65. The molecule has 0 aromatic carbocycles. The Morgan fingerprint density at radius 1 is 1.33 bits per heavy atom. The van der Waals surface area contributed by atoms with E-state index in [0.29, 0.717) is 19.4 Å². The van der Waals surface area contributed by atoms with E-state index in [9.17, 15) is 13.2 Å². The average molecular weight is 235 g/mol. The second kappa shape index (κ2) is 6.95. The van der Waals surface area contributed by atoms with Crippen molar-refractivity contribution in [3.8, 4) is 0 Å². The zero-order valence-electron chi connectivity index (χ0n) is 9.75. The summed E-state index contributed by atoms with van der Waals surface area (Å²) in [6.07, 6.45) is 0.785. The maximum absolute atomic E-state index is 11.3. The number of hydrogen-bond acceptors (Lipinski definition) is 4. The molecule has 0 aromatic rings. The van der Waals surface area contributed by atoms with Crippen LogP contribution in [0.4, 0.5) is 0 Å². The Kier molecular flexibility index (Phi) is 6.76. The number of hydrogen-bond donors (Lipinski definition) is 1. The van der Waals surface area contributed by atoms with Gasteiger partial charge in [0.1, 0.15) is 15.6 Å². The Bertz CT molecular complexity index is 283. The van der Waals surface area contributed by atoms with Crippen LogP contribution in [0.3, 0.4) is 0 Å². The first kappa shape index (κ1) is 14.6. The van der Waals surface area contributed by atoms with Gasteiger partial charge in [-0.15, -0.1) is 0 Å². The predicted molar refractivity (Wildman–Crippen MR) is 61.7 cm³/mol. The fraction of sp³-hybridized carbons (Fsp3) is 0.900. The van der Waals surface area contributed by atoms with E-state index in [-0.39, 0.29) is 23.3 Å². The largest absolute Gasteiger partial charge is 0.308 e. The van der Waals surface area contributed by atoms with E-state index in [4.69, 9.17) is 0 Å². The maximum Gasteiger partial charge on any atom is 0.150 e. The molecule has 4 nitrogen and oxygen atoms in total. The molecule has 0 rings (SSSR count). The van der Waals surface area contributed by atoms with Gasteiger partial charge in [-0.1, -0.05) is 20.8 Å². The Morgan fingerprint density at radius 2 is 1.93 bits per heavy atom. The van der Waals surface area contributed by atoms with Gasteiger partial charge >= 0.3 is 0 Å². The topological polar surface area (TPSA) is 63.2 Å². The molecule has 0 heterocycles. The van der Waals surface area contributed by atoms with E-state index in [1.165, 1.54) is 0 Å². The molecule has 0 saturated carbocycles. The van der Waals surface area contributed by atoms with Gasteiger partial charge in [-0.2, -0.15) is 0 Å². The summed E-state index contributed by atoms with van der Waals surface area (Å²) < 4.78 is 22.2. The van der Waals surface area contributed by atoms with Crippen LogP contribution < -0.4 is 5.32 Å². The quantitative estimate of drug-likeness (QED) is 0.675. The van der Waals surface area contributed by atoms with Gasteiger partial charge in [0.05, 0.1) is 12.3 Å². The normalized spacial score (nSPS) is 12.0. The first-order valence-electron chi connectivity index (χ1n) is 5.33. The highest BCUT2D eigenvalue weighted by Gasteiger charge is 2.09. The van der Waals surface area contributed by atoms with Crippen LogP contribution in [0, 0.1) is 0 Å². The fourth-order valence-electron chi connectivity index (χ4n) is 1.04. The third-order valence-corrected chi connectivity index (χ3v) is 3.85. The molecule has 15 heavy (non-hydrogen) atoms. The smallest absolute Gasteiger partial charge is 0.150 e. The van der Waals surface area contributed by atoms with Gasteiger partial charge < -0.3 is 5.32 Å². The molecular weight excluding hydrogens is 214 g/mol.